The summed E-state index contributed by atoms with van der Waals surface area (Å²) in [5, 5.41) is 4.31. The summed E-state index contributed by atoms with van der Waals surface area (Å²) in [6.07, 6.45) is -0.570. The van der Waals surface area contributed by atoms with Crippen molar-refractivity contribution in [2.45, 2.75) is 51.3 Å². The number of carbonyl (C=O) groups is 1. The number of amides is 1. The molecule has 31 heavy (non-hydrogen) atoms. The third kappa shape index (κ3) is 4.63. The summed E-state index contributed by atoms with van der Waals surface area (Å²) in [7, 11) is -5.92. The number of halogens is 3. The Morgan fingerprint density at radius 1 is 1.16 bits per heavy atom. The Morgan fingerprint density at radius 2 is 1.77 bits per heavy atom. The number of benzene rings is 1. The molecule has 1 amide bonds. The zero-order valence-corrected chi connectivity index (χ0v) is 18.1. The van der Waals surface area contributed by atoms with E-state index < -0.39 is 39.2 Å². The molecule has 0 radical (unpaired) electrons. The Balaban J connectivity index is 2.08. The van der Waals surface area contributed by atoms with Crippen LogP contribution in [0, 0.1) is 0 Å². The van der Waals surface area contributed by atoms with E-state index in [1.54, 1.807) is 58.0 Å². The summed E-state index contributed by atoms with van der Waals surface area (Å²) in [6, 6.07) is 7.33. The van der Waals surface area contributed by atoms with Crippen LogP contribution < -0.4 is 4.18 Å². The molecule has 1 atom stereocenters. The van der Waals surface area contributed by atoms with Gasteiger partial charge in [0.25, 0.3) is 0 Å². The molecule has 0 aliphatic carbocycles. The number of hydrogen-bond acceptors (Lipinski definition) is 6. The molecule has 0 saturated heterocycles. The Kier molecular flexibility index (Phi) is 5.72. The fourth-order valence-corrected chi connectivity index (χ4v) is 3.62. The van der Waals surface area contributed by atoms with Gasteiger partial charge in [0.2, 0.25) is 5.88 Å². The summed E-state index contributed by atoms with van der Waals surface area (Å²) < 4.78 is 73.3. The molecular formula is C19H22F3N3O5S. The molecule has 0 N–H and O–H groups in total. The van der Waals surface area contributed by atoms with E-state index in [1.165, 1.54) is 4.90 Å². The largest absolute Gasteiger partial charge is 0.534 e. The van der Waals surface area contributed by atoms with Crippen LogP contribution in [0.4, 0.5) is 18.0 Å². The molecule has 2 aromatic rings. The first-order chi connectivity index (χ1) is 14.2. The van der Waals surface area contributed by atoms with Crippen LogP contribution in [0.5, 0.6) is 5.88 Å². The van der Waals surface area contributed by atoms with E-state index in [0.29, 0.717) is 5.69 Å². The number of nitrogens with zero attached hydrogens (tertiary/aromatic N) is 3. The zero-order valence-electron chi connectivity index (χ0n) is 17.3. The van der Waals surface area contributed by atoms with Crippen LogP contribution in [0.3, 0.4) is 0 Å². The van der Waals surface area contributed by atoms with Crippen molar-refractivity contribution >= 4 is 16.2 Å². The first-order valence-electron chi connectivity index (χ1n) is 9.39. The normalized spacial score (nSPS) is 17.3. The number of para-hydroxylation sites is 1. The lowest BCUT2D eigenvalue weighted by Gasteiger charge is -2.34. The molecule has 0 spiro atoms. The Labute approximate surface area is 177 Å². The highest BCUT2D eigenvalue weighted by molar-refractivity contribution is 7.88. The molecular weight excluding hydrogens is 439 g/mol. The SMILES string of the molecule is C[C@@H]1c2nn(-c3ccccc3)c(OS(=O)(=O)C(F)(F)F)c2CCN1C(=O)OC(C)(C)C. The minimum absolute atomic E-state index is 0.0362. The quantitative estimate of drug-likeness (QED) is 0.508. The van der Waals surface area contributed by atoms with Gasteiger partial charge in [-0.3, -0.25) is 4.90 Å². The van der Waals surface area contributed by atoms with Crippen LogP contribution in [0.15, 0.2) is 30.3 Å². The standard InChI is InChI=1S/C19H22F3N3O5S/c1-12-15-14(10-11-24(12)17(26)29-18(2,3)4)16(30-31(27,28)19(20,21)22)25(23-15)13-8-6-5-7-9-13/h5-9,12H,10-11H2,1-4H3/t12-/m1/s1. The number of alkyl halides is 3. The summed E-state index contributed by atoms with van der Waals surface area (Å²) in [5.74, 6) is -0.547. The summed E-state index contributed by atoms with van der Waals surface area (Å²) in [4.78, 5) is 13.9. The van der Waals surface area contributed by atoms with Gasteiger partial charge < -0.3 is 8.92 Å². The second kappa shape index (κ2) is 7.74. The van der Waals surface area contributed by atoms with E-state index >= 15 is 0 Å². The first-order valence-corrected chi connectivity index (χ1v) is 10.8. The highest BCUT2D eigenvalue weighted by Crippen LogP contribution is 2.39. The molecule has 170 valence electrons. The van der Waals surface area contributed by atoms with Gasteiger partial charge in [0, 0.05) is 12.1 Å². The zero-order chi connectivity index (χ0) is 23.2. The van der Waals surface area contributed by atoms with Crippen molar-refractivity contribution in [1.82, 2.24) is 14.7 Å². The van der Waals surface area contributed by atoms with Crippen molar-refractivity contribution < 1.29 is 35.3 Å². The highest BCUT2D eigenvalue weighted by atomic mass is 32.2. The predicted molar refractivity (Wildman–Crippen MR) is 104 cm³/mol. The van der Waals surface area contributed by atoms with Gasteiger partial charge in [-0.05, 0) is 46.2 Å². The summed E-state index contributed by atoms with van der Waals surface area (Å²) >= 11 is 0. The van der Waals surface area contributed by atoms with E-state index in [2.05, 4.69) is 9.28 Å². The van der Waals surface area contributed by atoms with E-state index in [0.717, 1.165) is 4.68 Å². The van der Waals surface area contributed by atoms with Gasteiger partial charge in [0.1, 0.15) is 5.60 Å². The third-order valence-corrected chi connectivity index (χ3v) is 5.48. The molecule has 1 aromatic heterocycles. The maximum atomic E-state index is 13.0. The average molecular weight is 461 g/mol. The molecule has 8 nitrogen and oxygen atoms in total. The molecule has 0 bridgehead atoms. The average Bonchev–Trinajstić information content (AvgIpc) is 2.99. The second-order valence-corrected chi connectivity index (χ2v) is 9.54. The summed E-state index contributed by atoms with van der Waals surface area (Å²) in [5.41, 5.74) is -5.62. The number of hydrogen-bond donors (Lipinski definition) is 0. The van der Waals surface area contributed by atoms with Gasteiger partial charge in [-0.2, -0.15) is 31.4 Å². The lowest BCUT2D eigenvalue weighted by Crippen LogP contribution is -2.42. The fourth-order valence-electron chi connectivity index (χ4n) is 3.15. The Morgan fingerprint density at radius 3 is 2.32 bits per heavy atom. The monoisotopic (exact) mass is 461 g/mol. The lowest BCUT2D eigenvalue weighted by molar-refractivity contribution is -0.0502. The van der Waals surface area contributed by atoms with E-state index in [4.69, 9.17) is 4.74 Å². The first kappa shape index (κ1) is 22.9. The van der Waals surface area contributed by atoms with Gasteiger partial charge in [-0.15, -0.1) is 0 Å². The molecule has 1 aliphatic heterocycles. The molecule has 0 fully saturated rings. The molecule has 0 saturated carbocycles. The second-order valence-electron chi connectivity index (χ2n) is 8.00. The number of ether oxygens (including phenoxy) is 1. The van der Waals surface area contributed by atoms with Gasteiger partial charge in [-0.25, -0.2) is 4.79 Å². The maximum absolute atomic E-state index is 13.0. The van der Waals surface area contributed by atoms with Crippen molar-refractivity contribution in [2.75, 3.05) is 6.54 Å². The van der Waals surface area contributed by atoms with Gasteiger partial charge >= 0.3 is 21.7 Å². The van der Waals surface area contributed by atoms with Crippen molar-refractivity contribution in [3.63, 3.8) is 0 Å². The van der Waals surface area contributed by atoms with Crippen molar-refractivity contribution in [3.05, 3.63) is 41.6 Å². The summed E-state index contributed by atoms with van der Waals surface area (Å²) in [6.45, 7) is 6.85. The van der Waals surface area contributed by atoms with Crippen LogP contribution in [-0.4, -0.2) is 46.8 Å². The molecule has 3 rings (SSSR count). The maximum Gasteiger partial charge on any atom is 0.534 e. The number of rotatable bonds is 3. The molecule has 12 heteroatoms. The van der Waals surface area contributed by atoms with Crippen LogP contribution in [0.2, 0.25) is 0 Å². The van der Waals surface area contributed by atoms with Crippen molar-refractivity contribution in [3.8, 4) is 11.6 Å². The molecule has 0 unspecified atom stereocenters. The minimum Gasteiger partial charge on any atom is -0.444 e. The van der Waals surface area contributed by atoms with Crippen LogP contribution >= 0.6 is 0 Å². The Bertz CT molecular complexity index is 1080. The lowest BCUT2D eigenvalue weighted by atomic mass is 10.0. The molecule has 1 aromatic carbocycles. The minimum atomic E-state index is -5.92. The van der Waals surface area contributed by atoms with Crippen LogP contribution in [-0.2, 0) is 21.3 Å². The van der Waals surface area contributed by atoms with E-state index in [1.807, 2.05) is 0 Å². The van der Waals surface area contributed by atoms with Crippen LogP contribution in [0.1, 0.15) is 45.0 Å². The number of aromatic nitrogens is 2. The van der Waals surface area contributed by atoms with E-state index in [9.17, 15) is 26.4 Å². The smallest absolute Gasteiger partial charge is 0.444 e. The van der Waals surface area contributed by atoms with Gasteiger partial charge in [-0.1, -0.05) is 18.2 Å². The Hall–Kier alpha value is -2.76. The van der Waals surface area contributed by atoms with Crippen molar-refractivity contribution in [1.29, 1.82) is 0 Å². The number of carbonyl (C=O) groups excluding carboxylic acids is 1. The van der Waals surface area contributed by atoms with Crippen molar-refractivity contribution in [2.24, 2.45) is 0 Å². The van der Waals surface area contributed by atoms with E-state index in [-0.39, 0.29) is 24.2 Å². The van der Waals surface area contributed by atoms with Gasteiger partial charge in [0.15, 0.2) is 0 Å². The fraction of sp³-hybridized carbons (Fsp3) is 0.474. The number of fused-ring (bicyclic) bond motifs is 1. The highest BCUT2D eigenvalue weighted by Gasteiger charge is 2.50. The van der Waals surface area contributed by atoms with Crippen LogP contribution in [0.25, 0.3) is 5.69 Å². The third-order valence-electron chi connectivity index (χ3n) is 4.53. The topological polar surface area (TPSA) is 90.7 Å². The molecule has 1 aliphatic rings. The molecule has 2 heterocycles. The van der Waals surface area contributed by atoms with Gasteiger partial charge in [0.05, 0.1) is 17.4 Å². The predicted octanol–water partition coefficient (Wildman–Crippen LogP) is 3.95.